The van der Waals surface area contributed by atoms with Crippen LogP contribution >= 0.6 is 0 Å². The second-order valence-corrected chi connectivity index (χ2v) is 5.62. The molecular formula is C14H23F3O3. The van der Waals surface area contributed by atoms with E-state index in [0.29, 0.717) is 25.7 Å². The van der Waals surface area contributed by atoms with Crippen LogP contribution in [0.1, 0.15) is 57.8 Å². The first-order chi connectivity index (χ1) is 9.36. The molecule has 1 fully saturated rings. The van der Waals surface area contributed by atoms with Gasteiger partial charge in [-0.2, -0.15) is 13.2 Å². The molecule has 1 rings (SSSR count). The second kappa shape index (κ2) is 7.86. The lowest BCUT2D eigenvalue weighted by Gasteiger charge is -2.31. The third-order valence-electron chi connectivity index (χ3n) is 3.97. The highest BCUT2D eigenvalue weighted by molar-refractivity contribution is 5.74. The monoisotopic (exact) mass is 296 g/mol. The lowest BCUT2D eigenvalue weighted by atomic mass is 9.73. The predicted octanol–water partition coefficient (Wildman–Crippen LogP) is 4.16. The molecule has 0 aliphatic heterocycles. The number of halogens is 3. The average molecular weight is 296 g/mol. The van der Waals surface area contributed by atoms with Crippen LogP contribution in [0.15, 0.2) is 0 Å². The highest BCUT2D eigenvalue weighted by Crippen LogP contribution is 2.38. The molecule has 1 aliphatic carbocycles. The highest BCUT2D eigenvalue weighted by Gasteiger charge is 2.37. The van der Waals surface area contributed by atoms with Crippen molar-refractivity contribution in [2.45, 2.75) is 64.0 Å². The molecule has 0 unspecified atom stereocenters. The van der Waals surface area contributed by atoms with Crippen molar-refractivity contribution in [1.82, 2.24) is 0 Å². The molecule has 1 saturated carbocycles. The molecular weight excluding hydrogens is 273 g/mol. The van der Waals surface area contributed by atoms with Crippen LogP contribution in [0, 0.1) is 5.41 Å². The summed E-state index contributed by atoms with van der Waals surface area (Å²) in [5, 5.41) is 9.47. The van der Waals surface area contributed by atoms with Gasteiger partial charge in [0.2, 0.25) is 0 Å². The maximum Gasteiger partial charge on any atom is 0.411 e. The molecule has 3 nitrogen and oxygen atoms in total. The van der Waals surface area contributed by atoms with Crippen LogP contribution < -0.4 is 0 Å². The predicted molar refractivity (Wildman–Crippen MR) is 68.5 cm³/mol. The van der Waals surface area contributed by atoms with Crippen molar-refractivity contribution in [3.8, 4) is 0 Å². The number of ether oxygens (including phenoxy) is 1. The smallest absolute Gasteiger partial charge is 0.411 e. The van der Waals surface area contributed by atoms with Gasteiger partial charge in [0.05, 0.1) is 5.41 Å². The van der Waals surface area contributed by atoms with E-state index in [1.807, 2.05) is 0 Å². The molecule has 0 spiro atoms. The first kappa shape index (κ1) is 17.3. The molecule has 0 amide bonds. The second-order valence-electron chi connectivity index (χ2n) is 5.62. The summed E-state index contributed by atoms with van der Waals surface area (Å²) in [7, 11) is 0. The maximum atomic E-state index is 11.9. The van der Waals surface area contributed by atoms with E-state index < -0.39 is 24.2 Å². The number of hydrogen-bond donors (Lipinski definition) is 1. The molecule has 0 saturated heterocycles. The summed E-state index contributed by atoms with van der Waals surface area (Å²) in [6, 6.07) is 0. The Labute approximate surface area is 117 Å². The van der Waals surface area contributed by atoms with Gasteiger partial charge < -0.3 is 9.84 Å². The maximum absolute atomic E-state index is 11.9. The average Bonchev–Trinajstić information content (AvgIpc) is 2.29. The lowest BCUT2D eigenvalue weighted by Crippen LogP contribution is -2.32. The first-order valence-electron chi connectivity index (χ1n) is 7.24. The summed E-state index contributed by atoms with van der Waals surface area (Å²) in [5.41, 5.74) is -0.762. The molecule has 0 radical (unpaired) electrons. The molecule has 0 heterocycles. The zero-order chi connectivity index (χ0) is 15.1. The summed E-state index contributed by atoms with van der Waals surface area (Å²) >= 11 is 0. The number of aliphatic carboxylic acids is 1. The quantitative estimate of drug-likeness (QED) is 0.749. The zero-order valence-corrected chi connectivity index (χ0v) is 11.7. The first-order valence-corrected chi connectivity index (χ1v) is 7.24. The van der Waals surface area contributed by atoms with Gasteiger partial charge in [0, 0.05) is 6.61 Å². The SMILES string of the molecule is O=C(O)C1(CCCOCC(F)(F)F)CCCCCCC1. The number of rotatable bonds is 6. The van der Waals surface area contributed by atoms with Crippen LogP contribution in [0.4, 0.5) is 13.2 Å². The Morgan fingerprint density at radius 3 is 2.15 bits per heavy atom. The normalized spacial score (nSPS) is 20.1. The van der Waals surface area contributed by atoms with Crippen LogP contribution in [0.2, 0.25) is 0 Å². The van der Waals surface area contributed by atoms with Crippen LogP contribution in [-0.4, -0.2) is 30.5 Å². The van der Waals surface area contributed by atoms with Crippen LogP contribution in [0.5, 0.6) is 0 Å². The minimum absolute atomic E-state index is 0.0332. The summed E-state index contributed by atoms with van der Waals surface area (Å²) < 4.78 is 40.3. The summed E-state index contributed by atoms with van der Waals surface area (Å²) in [4.78, 5) is 11.5. The molecule has 1 aliphatic rings. The summed E-state index contributed by atoms with van der Waals surface area (Å²) in [5.74, 6) is -0.810. The molecule has 118 valence electrons. The van der Waals surface area contributed by atoms with Gasteiger partial charge in [-0.05, 0) is 25.7 Å². The fourth-order valence-corrected chi connectivity index (χ4v) is 2.85. The topological polar surface area (TPSA) is 46.5 Å². The number of hydrogen-bond acceptors (Lipinski definition) is 2. The van der Waals surface area contributed by atoms with Crippen LogP contribution in [0.3, 0.4) is 0 Å². The molecule has 0 aromatic rings. The largest absolute Gasteiger partial charge is 0.481 e. The number of carboxylic acids is 1. The van der Waals surface area contributed by atoms with E-state index in [1.54, 1.807) is 0 Å². The van der Waals surface area contributed by atoms with E-state index in [2.05, 4.69) is 4.74 Å². The summed E-state index contributed by atoms with van der Waals surface area (Å²) in [6.45, 7) is -1.29. The van der Waals surface area contributed by atoms with E-state index >= 15 is 0 Å². The Hall–Kier alpha value is -0.780. The Bertz CT molecular complexity index is 295. The van der Waals surface area contributed by atoms with Crippen molar-refractivity contribution in [2.75, 3.05) is 13.2 Å². The van der Waals surface area contributed by atoms with Crippen LogP contribution in [0.25, 0.3) is 0 Å². The van der Waals surface area contributed by atoms with Gasteiger partial charge in [-0.3, -0.25) is 4.79 Å². The van der Waals surface area contributed by atoms with E-state index in [-0.39, 0.29) is 6.61 Å². The van der Waals surface area contributed by atoms with E-state index in [4.69, 9.17) is 0 Å². The molecule has 20 heavy (non-hydrogen) atoms. The van der Waals surface area contributed by atoms with Crippen molar-refractivity contribution in [3.63, 3.8) is 0 Å². The fourth-order valence-electron chi connectivity index (χ4n) is 2.85. The van der Waals surface area contributed by atoms with Crippen molar-refractivity contribution >= 4 is 5.97 Å². The van der Waals surface area contributed by atoms with Gasteiger partial charge in [0.15, 0.2) is 0 Å². The Balaban J connectivity index is 2.39. The van der Waals surface area contributed by atoms with E-state index in [0.717, 1.165) is 32.1 Å². The molecule has 6 heteroatoms. The number of carbonyl (C=O) groups is 1. The Kier molecular flexibility index (Phi) is 6.79. The van der Waals surface area contributed by atoms with Crippen LogP contribution in [-0.2, 0) is 9.53 Å². The van der Waals surface area contributed by atoms with E-state index in [9.17, 15) is 23.1 Å². The van der Waals surface area contributed by atoms with Gasteiger partial charge in [0.1, 0.15) is 6.61 Å². The summed E-state index contributed by atoms with van der Waals surface area (Å²) in [6.07, 6.45) is 2.70. The van der Waals surface area contributed by atoms with Gasteiger partial charge in [-0.15, -0.1) is 0 Å². The molecule has 0 aromatic heterocycles. The van der Waals surface area contributed by atoms with Gasteiger partial charge in [0.25, 0.3) is 0 Å². The van der Waals surface area contributed by atoms with Gasteiger partial charge >= 0.3 is 12.1 Å². The fraction of sp³-hybridized carbons (Fsp3) is 0.929. The van der Waals surface area contributed by atoms with Gasteiger partial charge in [-0.25, -0.2) is 0 Å². The lowest BCUT2D eigenvalue weighted by molar-refractivity contribution is -0.175. The number of alkyl halides is 3. The molecule has 1 N–H and O–H groups in total. The van der Waals surface area contributed by atoms with Gasteiger partial charge in [-0.1, -0.05) is 32.1 Å². The highest BCUT2D eigenvalue weighted by atomic mass is 19.4. The minimum Gasteiger partial charge on any atom is -0.481 e. The van der Waals surface area contributed by atoms with Crippen molar-refractivity contribution < 1.29 is 27.8 Å². The van der Waals surface area contributed by atoms with Crippen molar-refractivity contribution in [2.24, 2.45) is 5.41 Å². The third-order valence-corrected chi connectivity index (χ3v) is 3.97. The van der Waals surface area contributed by atoms with Crippen molar-refractivity contribution in [1.29, 1.82) is 0 Å². The Morgan fingerprint density at radius 1 is 1.10 bits per heavy atom. The van der Waals surface area contributed by atoms with E-state index in [1.165, 1.54) is 0 Å². The molecule has 0 aromatic carbocycles. The third kappa shape index (κ3) is 6.11. The Morgan fingerprint density at radius 2 is 1.65 bits per heavy atom. The van der Waals surface area contributed by atoms with Crippen molar-refractivity contribution in [3.05, 3.63) is 0 Å². The standard InChI is InChI=1S/C14H23F3O3/c15-14(16,17)11-20-10-6-9-13(12(18)19)7-4-2-1-3-5-8-13/h1-11H2,(H,18,19). The minimum atomic E-state index is -4.31. The zero-order valence-electron chi connectivity index (χ0n) is 11.7. The molecule has 0 atom stereocenters. The molecule has 0 bridgehead atoms. The number of carboxylic acid groups (broad SMARTS) is 1.